The standard InChI is InChI=1S/C9H21NO4S/c1-3-4-6-10(2)7-5-8-14-9-15(11,12)13/h3-9H2,1-2H3,(H,11,12,13). The van der Waals surface area contributed by atoms with Gasteiger partial charge in [-0.05, 0) is 6.42 Å². The van der Waals surface area contributed by atoms with Gasteiger partial charge in [0.25, 0.3) is 0 Å². The van der Waals surface area contributed by atoms with Crippen molar-refractivity contribution in [3.8, 4) is 0 Å². The highest BCUT2D eigenvalue weighted by molar-refractivity contribution is 7.85. The largest absolute Gasteiger partial charge is 0.746 e. The third-order valence-electron chi connectivity index (χ3n) is 2.08. The predicted molar refractivity (Wildman–Crippen MR) is 56.7 cm³/mol. The van der Waals surface area contributed by atoms with Gasteiger partial charge in [0.1, 0.15) is 16.1 Å². The molecule has 0 fully saturated rings. The summed E-state index contributed by atoms with van der Waals surface area (Å²) in [5.41, 5.74) is 0. The van der Waals surface area contributed by atoms with Crippen molar-refractivity contribution in [1.82, 2.24) is 0 Å². The second kappa shape index (κ2) is 8.04. The Labute approximate surface area is 92.2 Å². The molecule has 0 radical (unpaired) electrons. The van der Waals surface area contributed by atoms with Gasteiger partial charge in [-0.3, -0.25) is 0 Å². The van der Waals surface area contributed by atoms with E-state index in [-0.39, 0.29) is 0 Å². The summed E-state index contributed by atoms with van der Waals surface area (Å²) in [6.45, 7) is 4.55. The number of rotatable bonds is 9. The Morgan fingerprint density at radius 2 is 1.87 bits per heavy atom. The molecular weight excluding hydrogens is 218 g/mol. The van der Waals surface area contributed by atoms with E-state index in [0.29, 0.717) is 6.61 Å². The van der Waals surface area contributed by atoms with Gasteiger partial charge in [0, 0.05) is 6.42 Å². The van der Waals surface area contributed by atoms with Crippen LogP contribution in [-0.4, -0.2) is 45.7 Å². The van der Waals surface area contributed by atoms with Gasteiger partial charge in [0.2, 0.25) is 0 Å². The van der Waals surface area contributed by atoms with Crippen LogP contribution in [0.1, 0.15) is 26.2 Å². The van der Waals surface area contributed by atoms with Crippen LogP contribution in [0.15, 0.2) is 0 Å². The zero-order chi connectivity index (χ0) is 11.7. The Balaban J connectivity index is 3.31. The van der Waals surface area contributed by atoms with E-state index in [2.05, 4.69) is 14.0 Å². The van der Waals surface area contributed by atoms with Crippen molar-refractivity contribution in [3.05, 3.63) is 0 Å². The smallest absolute Gasteiger partial charge is 0.136 e. The zero-order valence-corrected chi connectivity index (χ0v) is 10.3. The Morgan fingerprint density at radius 3 is 2.40 bits per heavy atom. The maximum atomic E-state index is 10.2. The summed E-state index contributed by atoms with van der Waals surface area (Å²) >= 11 is 0. The third kappa shape index (κ3) is 11.8. The van der Waals surface area contributed by atoms with Gasteiger partial charge in [-0.2, -0.15) is 0 Å². The molecule has 0 rings (SSSR count). The van der Waals surface area contributed by atoms with Crippen LogP contribution >= 0.6 is 0 Å². The molecule has 5 nitrogen and oxygen atoms in total. The van der Waals surface area contributed by atoms with Gasteiger partial charge in [-0.15, -0.1) is 0 Å². The molecule has 1 unspecified atom stereocenters. The fraction of sp³-hybridized carbons (Fsp3) is 1.00. The molecule has 0 spiro atoms. The molecule has 0 aromatic heterocycles. The second-order valence-electron chi connectivity index (χ2n) is 3.75. The molecular formula is C9H21NO4S. The molecule has 0 aromatic rings. The van der Waals surface area contributed by atoms with Crippen LogP contribution in [0.4, 0.5) is 0 Å². The van der Waals surface area contributed by atoms with Gasteiger partial charge in [0.15, 0.2) is 0 Å². The number of hydrogen-bond acceptors (Lipinski definition) is 4. The van der Waals surface area contributed by atoms with Crippen LogP contribution in [0.3, 0.4) is 0 Å². The summed E-state index contributed by atoms with van der Waals surface area (Å²) in [6, 6.07) is 0. The number of ether oxygens (including phenoxy) is 1. The van der Waals surface area contributed by atoms with Crippen molar-refractivity contribution >= 4 is 10.1 Å². The first kappa shape index (κ1) is 14.8. The average Bonchev–Trinajstić information content (AvgIpc) is 2.12. The summed E-state index contributed by atoms with van der Waals surface area (Å²) in [5.74, 6) is -0.707. The monoisotopic (exact) mass is 239 g/mol. The minimum absolute atomic E-state index is 0.338. The summed E-state index contributed by atoms with van der Waals surface area (Å²) in [4.78, 5) is 1.41. The van der Waals surface area contributed by atoms with Crippen molar-refractivity contribution < 1.29 is 22.6 Å². The highest BCUT2D eigenvalue weighted by Crippen LogP contribution is 1.86. The van der Waals surface area contributed by atoms with Crippen molar-refractivity contribution in [2.45, 2.75) is 26.2 Å². The number of unbranched alkanes of at least 4 members (excludes halogenated alkanes) is 1. The first-order valence-corrected chi connectivity index (χ1v) is 6.86. The summed E-state index contributed by atoms with van der Waals surface area (Å²) < 4.78 is 35.3. The van der Waals surface area contributed by atoms with Crippen LogP contribution in [0.5, 0.6) is 0 Å². The molecule has 0 heterocycles. The van der Waals surface area contributed by atoms with Crippen molar-refractivity contribution in [3.63, 3.8) is 0 Å². The van der Waals surface area contributed by atoms with Crippen LogP contribution in [0.2, 0.25) is 0 Å². The van der Waals surface area contributed by atoms with Crippen molar-refractivity contribution in [1.29, 1.82) is 0 Å². The summed E-state index contributed by atoms with van der Waals surface area (Å²) in [7, 11) is -2.12. The molecule has 0 saturated heterocycles. The van der Waals surface area contributed by atoms with Gasteiger partial charge in [0.05, 0.1) is 26.7 Å². The SMILES string of the molecule is CCCC[NH+](C)CCCOCS(=O)(=O)[O-]. The molecule has 6 heteroatoms. The van der Waals surface area contributed by atoms with E-state index < -0.39 is 16.1 Å². The van der Waals surface area contributed by atoms with Gasteiger partial charge >= 0.3 is 0 Å². The molecule has 0 amide bonds. The lowest BCUT2D eigenvalue weighted by atomic mass is 10.3. The molecule has 0 saturated carbocycles. The first-order valence-electron chi connectivity index (χ1n) is 5.28. The molecule has 0 aliphatic heterocycles. The maximum absolute atomic E-state index is 10.2. The third-order valence-corrected chi connectivity index (χ3v) is 2.53. The van der Waals surface area contributed by atoms with Gasteiger partial charge < -0.3 is 14.2 Å². The van der Waals surface area contributed by atoms with Crippen LogP contribution in [-0.2, 0) is 14.9 Å². The lowest BCUT2D eigenvalue weighted by Gasteiger charge is -2.13. The fourth-order valence-corrected chi connectivity index (χ4v) is 1.56. The van der Waals surface area contributed by atoms with Gasteiger partial charge in [-0.1, -0.05) is 13.3 Å². The minimum Gasteiger partial charge on any atom is -0.746 e. The highest BCUT2D eigenvalue weighted by atomic mass is 32.2. The fourth-order valence-electron chi connectivity index (χ4n) is 1.24. The number of quaternary nitrogens is 1. The van der Waals surface area contributed by atoms with Crippen LogP contribution in [0, 0.1) is 0 Å². The Morgan fingerprint density at radius 1 is 1.27 bits per heavy atom. The normalized spacial score (nSPS) is 14.1. The number of hydrogen-bond donors (Lipinski definition) is 1. The molecule has 0 bridgehead atoms. The van der Waals surface area contributed by atoms with E-state index in [9.17, 15) is 13.0 Å². The molecule has 92 valence electrons. The van der Waals surface area contributed by atoms with Crippen LogP contribution < -0.4 is 4.90 Å². The van der Waals surface area contributed by atoms with Crippen molar-refractivity contribution in [2.75, 3.05) is 32.7 Å². The Bertz CT molecular complexity index is 240. The lowest BCUT2D eigenvalue weighted by molar-refractivity contribution is -0.880. The average molecular weight is 239 g/mol. The van der Waals surface area contributed by atoms with E-state index >= 15 is 0 Å². The Kier molecular flexibility index (Phi) is 7.95. The second-order valence-corrected chi connectivity index (χ2v) is 5.10. The number of nitrogens with one attached hydrogen (secondary N) is 1. The molecule has 0 aromatic carbocycles. The molecule has 0 aliphatic rings. The maximum Gasteiger partial charge on any atom is 0.136 e. The molecule has 1 atom stereocenters. The lowest BCUT2D eigenvalue weighted by Crippen LogP contribution is -3.09. The predicted octanol–water partition coefficient (Wildman–Crippen LogP) is -0.789. The zero-order valence-electron chi connectivity index (χ0n) is 9.49. The van der Waals surface area contributed by atoms with E-state index in [1.54, 1.807) is 0 Å². The highest BCUT2D eigenvalue weighted by Gasteiger charge is 2.01. The quantitative estimate of drug-likeness (QED) is 0.423. The summed E-state index contributed by atoms with van der Waals surface area (Å²) in [6.07, 6.45) is 3.16. The van der Waals surface area contributed by atoms with Crippen LogP contribution in [0.25, 0.3) is 0 Å². The van der Waals surface area contributed by atoms with E-state index in [1.807, 2.05) is 0 Å². The topological polar surface area (TPSA) is 70.9 Å². The minimum atomic E-state index is -4.22. The van der Waals surface area contributed by atoms with E-state index in [4.69, 9.17) is 4.74 Å². The van der Waals surface area contributed by atoms with E-state index in [1.165, 1.54) is 17.7 Å². The molecule has 15 heavy (non-hydrogen) atoms. The molecule has 1 N–H and O–H groups in total. The molecule has 0 aliphatic carbocycles. The Hall–Kier alpha value is -0.170. The van der Waals surface area contributed by atoms with Gasteiger partial charge in [-0.25, -0.2) is 8.42 Å². The van der Waals surface area contributed by atoms with Crippen molar-refractivity contribution in [2.24, 2.45) is 0 Å². The summed E-state index contributed by atoms with van der Waals surface area (Å²) in [5, 5.41) is 0. The first-order chi connectivity index (χ1) is 6.95. The van der Waals surface area contributed by atoms with E-state index in [0.717, 1.165) is 19.5 Å².